The number of carbonyl (C=O) groups excluding carboxylic acids is 1. The lowest BCUT2D eigenvalue weighted by Crippen LogP contribution is -2.51. The van der Waals surface area contributed by atoms with E-state index in [9.17, 15) is 14.9 Å². The molecule has 6 nitrogen and oxygen atoms in total. The molecule has 0 spiro atoms. The summed E-state index contributed by atoms with van der Waals surface area (Å²) in [4.78, 5) is 21.2. The summed E-state index contributed by atoms with van der Waals surface area (Å²) < 4.78 is 10.4. The highest BCUT2D eigenvalue weighted by atomic mass is 35.5. The SMILES string of the molecule is COC1C(=O)CC1Oc1ccc([N+](=O)[O-])c(Cl)c1. The molecule has 0 radical (unpaired) electrons. The Morgan fingerprint density at radius 2 is 2.22 bits per heavy atom. The number of benzene rings is 1. The topological polar surface area (TPSA) is 78.7 Å². The van der Waals surface area contributed by atoms with Crippen molar-refractivity contribution < 1.29 is 19.2 Å². The van der Waals surface area contributed by atoms with E-state index >= 15 is 0 Å². The molecule has 0 heterocycles. The third-order valence-electron chi connectivity index (χ3n) is 2.71. The van der Waals surface area contributed by atoms with Gasteiger partial charge in [0.25, 0.3) is 5.69 Å². The van der Waals surface area contributed by atoms with Gasteiger partial charge in [-0.05, 0) is 6.07 Å². The number of nitro groups is 1. The standard InChI is InChI=1S/C11H10ClNO5/c1-17-11-9(14)5-10(11)18-6-2-3-8(13(15)16)7(12)4-6/h2-4,10-11H,5H2,1H3. The van der Waals surface area contributed by atoms with Crippen LogP contribution in [0.25, 0.3) is 0 Å². The second-order valence-electron chi connectivity index (χ2n) is 3.85. The monoisotopic (exact) mass is 271 g/mol. The quantitative estimate of drug-likeness (QED) is 0.618. The fourth-order valence-corrected chi connectivity index (χ4v) is 1.98. The van der Waals surface area contributed by atoms with Crippen molar-refractivity contribution in [3.63, 3.8) is 0 Å². The molecule has 1 aromatic carbocycles. The number of carbonyl (C=O) groups is 1. The maximum Gasteiger partial charge on any atom is 0.288 e. The van der Waals surface area contributed by atoms with E-state index in [0.29, 0.717) is 5.75 Å². The minimum Gasteiger partial charge on any atom is -0.487 e. The molecular formula is C11H10ClNO5. The highest BCUT2D eigenvalue weighted by Gasteiger charge is 2.42. The number of hydrogen-bond donors (Lipinski definition) is 0. The van der Waals surface area contributed by atoms with E-state index < -0.39 is 11.0 Å². The lowest BCUT2D eigenvalue weighted by molar-refractivity contribution is -0.384. The molecule has 2 unspecified atom stereocenters. The number of halogens is 1. The summed E-state index contributed by atoms with van der Waals surface area (Å²) in [5, 5.41) is 10.6. The van der Waals surface area contributed by atoms with Crippen LogP contribution in [0, 0.1) is 10.1 Å². The van der Waals surface area contributed by atoms with Gasteiger partial charge in [-0.15, -0.1) is 0 Å². The van der Waals surface area contributed by atoms with Crippen LogP contribution < -0.4 is 4.74 Å². The van der Waals surface area contributed by atoms with Crippen molar-refractivity contribution in [3.05, 3.63) is 33.3 Å². The molecule has 0 aliphatic heterocycles. The van der Waals surface area contributed by atoms with Gasteiger partial charge in [0, 0.05) is 25.7 Å². The molecule has 0 amide bonds. The molecular weight excluding hydrogens is 262 g/mol. The second kappa shape index (κ2) is 4.91. The maximum atomic E-state index is 11.2. The van der Waals surface area contributed by atoms with Crippen LogP contribution in [-0.4, -0.2) is 30.0 Å². The molecule has 2 rings (SSSR count). The van der Waals surface area contributed by atoms with E-state index in [2.05, 4.69) is 0 Å². The third-order valence-corrected chi connectivity index (χ3v) is 3.02. The maximum absolute atomic E-state index is 11.2. The lowest BCUT2D eigenvalue weighted by atomic mass is 9.90. The van der Waals surface area contributed by atoms with Crippen LogP contribution in [0.1, 0.15) is 6.42 Å². The summed E-state index contributed by atoms with van der Waals surface area (Å²) in [6, 6.07) is 4.06. The molecule has 1 saturated carbocycles. The Morgan fingerprint density at radius 3 is 2.72 bits per heavy atom. The lowest BCUT2D eigenvalue weighted by Gasteiger charge is -2.33. The number of ketones is 1. The smallest absolute Gasteiger partial charge is 0.288 e. The Bertz CT molecular complexity index is 504. The number of rotatable bonds is 4. The zero-order valence-corrected chi connectivity index (χ0v) is 10.2. The first-order chi connectivity index (χ1) is 8.52. The van der Waals surface area contributed by atoms with Crippen molar-refractivity contribution in [2.75, 3.05) is 7.11 Å². The summed E-state index contributed by atoms with van der Waals surface area (Å²) in [5.41, 5.74) is -0.183. The Labute approximate surface area is 108 Å². The summed E-state index contributed by atoms with van der Waals surface area (Å²) in [6.07, 6.45) is -0.661. The van der Waals surface area contributed by atoms with Crippen molar-refractivity contribution in [2.24, 2.45) is 0 Å². The molecule has 18 heavy (non-hydrogen) atoms. The molecule has 0 N–H and O–H groups in total. The van der Waals surface area contributed by atoms with Crippen LogP contribution in [0.5, 0.6) is 5.75 Å². The van der Waals surface area contributed by atoms with E-state index in [-0.39, 0.29) is 29.0 Å². The molecule has 1 aliphatic rings. The van der Waals surface area contributed by atoms with Gasteiger partial charge in [-0.3, -0.25) is 14.9 Å². The van der Waals surface area contributed by atoms with E-state index in [0.717, 1.165) is 0 Å². The zero-order chi connectivity index (χ0) is 13.3. The first-order valence-electron chi connectivity index (χ1n) is 5.19. The third kappa shape index (κ3) is 2.30. The molecule has 0 bridgehead atoms. The average molecular weight is 272 g/mol. The number of nitrogens with zero attached hydrogens (tertiary/aromatic N) is 1. The summed E-state index contributed by atoms with van der Waals surface area (Å²) >= 11 is 5.75. The predicted molar refractivity (Wildman–Crippen MR) is 62.9 cm³/mol. The Morgan fingerprint density at radius 1 is 1.50 bits per heavy atom. The van der Waals surface area contributed by atoms with Gasteiger partial charge in [0.05, 0.1) is 4.92 Å². The van der Waals surface area contributed by atoms with Crippen LogP contribution in [0.3, 0.4) is 0 Å². The first kappa shape index (κ1) is 12.8. The van der Waals surface area contributed by atoms with Crippen LogP contribution in [0.4, 0.5) is 5.69 Å². The molecule has 1 fully saturated rings. The summed E-state index contributed by atoms with van der Waals surface area (Å²) in [5.74, 6) is 0.362. The Balaban J connectivity index is 2.09. The molecule has 7 heteroatoms. The van der Waals surface area contributed by atoms with Crippen LogP contribution in [0.15, 0.2) is 18.2 Å². The van der Waals surface area contributed by atoms with Gasteiger partial charge < -0.3 is 9.47 Å². The number of hydrogen-bond acceptors (Lipinski definition) is 5. The van der Waals surface area contributed by atoms with Crippen LogP contribution >= 0.6 is 11.6 Å². The zero-order valence-electron chi connectivity index (χ0n) is 9.46. The Hall–Kier alpha value is -1.66. The predicted octanol–water partition coefficient (Wildman–Crippen LogP) is 1.98. The van der Waals surface area contributed by atoms with Gasteiger partial charge in [0.15, 0.2) is 11.9 Å². The molecule has 0 saturated heterocycles. The minimum absolute atomic E-state index is 0.00267. The highest BCUT2D eigenvalue weighted by Crippen LogP contribution is 2.31. The first-order valence-corrected chi connectivity index (χ1v) is 5.57. The normalized spacial score (nSPS) is 22.4. The van der Waals surface area contributed by atoms with Crippen molar-refractivity contribution in [1.29, 1.82) is 0 Å². The number of nitro benzene ring substituents is 1. The highest BCUT2D eigenvalue weighted by molar-refractivity contribution is 6.32. The molecule has 2 atom stereocenters. The van der Waals surface area contributed by atoms with E-state index in [1.807, 2.05) is 0 Å². The fourth-order valence-electron chi connectivity index (χ4n) is 1.74. The van der Waals surface area contributed by atoms with Crippen molar-refractivity contribution >= 4 is 23.1 Å². The van der Waals surface area contributed by atoms with E-state index in [4.69, 9.17) is 21.1 Å². The second-order valence-corrected chi connectivity index (χ2v) is 4.26. The fraction of sp³-hybridized carbons (Fsp3) is 0.364. The van der Waals surface area contributed by atoms with Crippen LogP contribution in [0.2, 0.25) is 5.02 Å². The average Bonchev–Trinajstić information content (AvgIpc) is 2.28. The number of Topliss-reactive ketones (excluding diaryl/α,β-unsaturated/α-hetero) is 1. The van der Waals surface area contributed by atoms with Gasteiger partial charge in [-0.1, -0.05) is 11.6 Å². The summed E-state index contributed by atoms with van der Waals surface area (Å²) in [7, 11) is 1.43. The van der Waals surface area contributed by atoms with Gasteiger partial charge in [-0.2, -0.15) is 0 Å². The molecule has 96 valence electrons. The van der Waals surface area contributed by atoms with E-state index in [1.165, 1.54) is 25.3 Å². The van der Waals surface area contributed by atoms with E-state index in [1.54, 1.807) is 0 Å². The molecule has 1 aliphatic carbocycles. The van der Waals surface area contributed by atoms with Gasteiger partial charge in [0.1, 0.15) is 16.9 Å². The largest absolute Gasteiger partial charge is 0.487 e. The van der Waals surface area contributed by atoms with Gasteiger partial charge in [-0.25, -0.2) is 0 Å². The summed E-state index contributed by atoms with van der Waals surface area (Å²) in [6.45, 7) is 0. The molecule has 0 aromatic heterocycles. The van der Waals surface area contributed by atoms with Crippen molar-refractivity contribution in [3.8, 4) is 5.75 Å². The minimum atomic E-state index is -0.572. The van der Waals surface area contributed by atoms with Crippen molar-refractivity contribution in [2.45, 2.75) is 18.6 Å². The Kier molecular flexibility index (Phi) is 3.49. The number of ether oxygens (including phenoxy) is 2. The number of methoxy groups -OCH3 is 1. The van der Waals surface area contributed by atoms with Crippen molar-refractivity contribution in [1.82, 2.24) is 0 Å². The molecule has 1 aromatic rings. The van der Waals surface area contributed by atoms with Gasteiger partial charge >= 0.3 is 0 Å². The van der Waals surface area contributed by atoms with Crippen LogP contribution in [-0.2, 0) is 9.53 Å². The van der Waals surface area contributed by atoms with Gasteiger partial charge in [0.2, 0.25) is 0 Å².